The Morgan fingerprint density at radius 3 is 2.53 bits per heavy atom. The predicted octanol–water partition coefficient (Wildman–Crippen LogP) is 5.57. The largest absolute Gasteiger partial charge is 0.496 e. The van der Waals surface area contributed by atoms with Crippen molar-refractivity contribution in [3.05, 3.63) is 102 Å². The van der Waals surface area contributed by atoms with Crippen LogP contribution in [0.5, 0.6) is 5.75 Å². The summed E-state index contributed by atoms with van der Waals surface area (Å²) in [5, 5.41) is 7.29. The van der Waals surface area contributed by atoms with E-state index in [1.54, 1.807) is 19.5 Å². The van der Waals surface area contributed by atoms with Crippen LogP contribution in [0.15, 0.2) is 84.1 Å². The van der Waals surface area contributed by atoms with Gasteiger partial charge in [-0.15, -0.1) is 0 Å². The smallest absolute Gasteiger partial charge is 0.275 e. The van der Waals surface area contributed by atoms with Gasteiger partial charge < -0.3 is 9.30 Å². The lowest BCUT2D eigenvalue weighted by Crippen LogP contribution is -2.18. The molecule has 0 saturated heterocycles. The van der Waals surface area contributed by atoms with Gasteiger partial charge in [-0.1, -0.05) is 30.3 Å². The van der Waals surface area contributed by atoms with Crippen LogP contribution in [0.3, 0.4) is 0 Å². The summed E-state index contributed by atoms with van der Waals surface area (Å²) in [6.45, 7) is 4.09. The average molecular weight is 449 g/mol. The summed E-state index contributed by atoms with van der Waals surface area (Å²) in [4.78, 5) is 17.2. The highest BCUT2D eigenvalue weighted by molar-refractivity contribution is 6.02. The topological polar surface area (TPSA) is 68.5 Å². The minimum absolute atomic E-state index is 0.324. The Bertz CT molecular complexity index is 1570. The second-order valence-electron chi connectivity index (χ2n) is 8.14. The number of hydrogen-bond acceptors (Lipinski definition) is 4. The number of pyridine rings is 1. The summed E-state index contributed by atoms with van der Waals surface area (Å²) in [6, 6.07) is 23.8. The monoisotopic (exact) mass is 448 g/mol. The highest BCUT2D eigenvalue weighted by Crippen LogP contribution is 2.26. The van der Waals surface area contributed by atoms with Crippen LogP contribution in [-0.4, -0.2) is 28.8 Å². The third-order valence-corrected chi connectivity index (χ3v) is 6.00. The van der Waals surface area contributed by atoms with Crippen LogP contribution in [0, 0.1) is 13.8 Å². The quantitative estimate of drug-likeness (QED) is 0.282. The number of fused-ring (bicyclic) bond motifs is 2. The lowest BCUT2D eigenvalue weighted by Gasteiger charge is -2.10. The predicted molar refractivity (Wildman–Crippen MR) is 136 cm³/mol. The van der Waals surface area contributed by atoms with E-state index >= 15 is 0 Å². The van der Waals surface area contributed by atoms with Crippen molar-refractivity contribution >= 4 is 33.8 Å². The number of benzene rings is 3. The molecule has 0 aliphatic rings. The van der Waals surface area contributed by atoms with Gasteiger partial charge >= 0.3 is 0 Å². The molecule has 6 heteroatoms. The van der Waals surface area contributed by atoms with E-state index in [1.807, 2.05) is 55.5 Å². The molecule has 5 aromatic rings. The molecule has 0 radical (unpaired) electrons. The molecular formula is C28H24N4O2. The van der Waals surface area contributed by atoms with Crippen LogP contribution in [0.25, 0.3) is 27.4 Å². The summed E-state index contributed by atoms with van der Waals surface area (Å²) >= 11 is 0. The van der Waals surface area contributed by atoms with Gasteiger partial charge in [-0.05, 0) is 67.1 Å². The Morgan fingerprint density at radius 1 is 0.971 bits per heavy atom. The summed E-state index contributed by atoms with van der Waals surface area (Å²) in [5.74, 6) is 0.185. The molecule has 0 aliphatic heterocycles. The molecule has 1 amide bonds. The van der Waals surface area contributed by atoms with Gasteiger partial charge in [0.2, 0.25) is 0 Å². The molecule has 3 aromatic carbocycles. The Kier molecular flexibility index (Phi) is 5.55. The van der Waals surface area contributed by atoms with E-state index < -0.39 is 0 Å². The van der Waals surface area contributed by atoms with E-state index in [-0.39, 0.29) is 5.91 Å². The SMILES string of the molecule is COc1cc2ccccc2cc1C(=O)NN=Cc1cc(C)n(-c2ccc3ncccc3c2)c1C. The lowest BCUT2D eigenvalue weighted by atomic mass is 10.1. The summed E-state index contributed by atoms with van der Waals surface area (Å²) in [5.41, 5.74) is 8.12. The summed E-state index contributed by atoms with van der Waals surface area (Å²) in [7, 11) is 1.56. The Labute approximate surface area is 197 Å². The van der Waals surface area contributed by atoms with Crippen LogP contribution in [0.2, 0.25) is 0 Å². The van der Waals surface area contributed by atoms with Crippen molar-refractivity contribution in [2.45, 2.75) is 13.8 Å². The number of nitrogens with zero attached hydrogens (tertiary/aromatic N) is 3. The first-order chi connectivity index (χ1) is 16.5. The zero-order valence-electron chi connectivity index (χ0n) is 19.2. The molecule has 2 aromatic heterocycles. The Balaban J connectivity index is 1.40. The highest BCUT2D eigenvalue weighted by atomic mass is 16.5. The first kappa shape index (κ1) is 21.4. The molecule has 5 rings (SSSR count). The van der Waals surface area contributed by atoms with Gasteiger partial charge in [0, 0.05) is 34.2 Å². The zero-order valence-corrected chi connectivity index (χ0v) is 19.2. The second kappa shape index (κ2) is 8.83. The molecule has 0 aliphatic carbocycles. The number of hydrazone groups is 1. The molecule has 0 bridgehead atoms. The number of rotatable bonds is 5. The van der Waals surface area contributed by atoms with Crippen LogP contribution in [0.4, 0.5) is 0 Å². The fourth-order valence-electron chi connectivity index (χ4n) is 4.30. The van der Waals surface area contributed by atoms with Gasteiger partial charge in [0.15, 0.2) is 0 Å². The van der Waals surface area contributed by atoms with Crippen LogP contribution in [-0.2, 0) is 0 Å². The number of ether oxygens (including phenoxy) is 1. The first-order valence-corrected chi connectivity index (χ1v) is 11.0. The number of methoxy groups -OCH3 is 1. The van der Waals surface area contributed by atoms with Gasteiger partial charge in [-0.25, -0.2) is 5.43 Å². The van der Waals surface area contributed by atoms with E-state index in [4.69, 9.17) is 4.74 Å². The molecule has 168 valence electrons. The molecule has 0 saturated carbocycles. The van der Waals surface area contributed by atoms with E-state index in [0.717, 1.165) is 44.3 Å². The van der Waals surface area contributed by atoms with Crippen molar-refractivity contribution < 1.29 is 9.53 Å². The molecule has 2 heterocycles. The van der Waals surface area contributed by atoms with E-state index in [9.17, 15) is 4.79 Å². The molecular weight excluding hydrogens is 424 g/mol. The number of amides is 1. The number of hydrogen-bond donors (Lipinski definition) is 1. The third-order valence-electron chi connectivity index (χ3n) is 6.00. The number of carbonyl (C=O) groups is 1. The summed E-state index contributed by atoms with van der Waals surface area (Å²) < 4.78 is 7.61. The fourth-order valence-corrected chi connectivity index (χ4v) is 4.30. The van der Waals surface area contributed by atoms with Crippen molar-refractivity contribution in [3.8, 4) is 11.4 Å². The van der Waals surface area contributed by atoms with Crippen molar-refractivity contribution in [2.75, 3.05) is 7.11 Å². The van der Waals surface area contributed by atoms with Crippen molar-refractivity contribution in [3.63, 3.8) is 0 Å². The average Bonchev–Trinajstić information content (AvgIpc) is 3.15. The maximum Gasteiger partial charge on any atom is 0.275 e. The van der Waals surface area contributed by atoms with Gasteiger partial charge in [0.1, 0.15) is 5.75 Å². The van der Waals surface area contributed by atoms with Crippen LogP contribution in [0.1, 0.15) is 27.3 Å². The van der Waals surface area contributed by atoms with Crippen molar-refractivity contribution in [1.82, 2.24) is 15.0 Å². The molecule has 0 unspecified atom stereocenters. The maximum absolute atomic E-state index is 12.8. The van der Waals surface area contributed by atoms with Gasteiger partial charge in [-0.3, -0.25) is 9.78 Å². The molecule has 6 nitrogen and oxygen atoms in total. The van der Waals surface area contributed by atoms with Gasteiger partial charge in [0.25, 0.3) is 5.91 Å². The first-order valence-electron chi connectivity index (χ1n) is 11.0. The Hall–Kier alpha value is -4.45. The minimum atomic E-state index is -0.324. The highest BCUT2D eigenvalue weighted by Gasteiger charge is 2.14. The minimum Gasteiger partial charge on any atom is -0.496 e. The number of carbonyl (C=O) groups excluding carboxylic acids is 1. The van der Waals surface area contributed by atoms with Crippen molar-refractivity contribution in [2.24, 2.45) is 5.10 Å². The third kappa shape index (κ3) is 3.90. The van der Waals surface area contributed by atoms with Crippen LogP contribution >= 0.6 is 0 Å². The standard InChI is InChI=1S/C28H24N4O2/c1-18-13-23(19(2)32(18)24-10-11-26-22(14-24)9-6-12-29-26)17-30-31-28(33)25-15-20-7-4-5-8-21(20)16-27(25)34-3/h4-17H,1-3H3,(H,31,33). The normalized spacial score (nSPS) is 11.4. The molecule has 1 N–H and O–H groups in total. The van der Waals surface area contributed by atoms with Gasteiger partial charge in [-0.2, -0.15) is 5.10 Å². The maximum atomic E-state index is 12.8. The van der Waals surface area contributed by atoms with Gasteiger partial charge in [0.05, 0.1) is 24.4 Å². The molecule has 0 atom stereocenters. The number of aromatic nitrogens is 2. The fraction of sp³-hybridized carbons (Fsp3) is 0.107. The number of nitrogens with one attached hydrogen (secondary N) is 1. The van der Waals surface area contributed by atoms with Crippen LogP contribution < -0.4 is 10.2 Å². The van der Waals surface area contributed by atoms with E-state index in [1.165, 1.54) is 0 Å². The van der Waals surface area contributed by atoms with E-state index in [2.05, 4.69) is 51.3 Å². The number of aryl methyl sites for hydroxylation is 1. The van der Waals surface area contributed by atoms with E-state index in [0.29, 0.717) is 11.3 Å². The second-order valence-corrected chi connectivity index (χ2v) is 8.14. The molecule has 0 spiro atoms. The molecule has 0 fully saturated rings. The zero-order chi connectivity index (χ0) is 23.7. The summed E-state index contributed by atoms with van der Waals surface area (Å²) in [6.07, 6.45) is 3.47. The molecule has 34 heavy (non-hydrogen) atoms. The lowest BCUT2D eigenvalue weighted by molar-refractivity contribution is 0.0952. The van der Waals surface area contributed by atoms with Crippen molar-refractivity contribution in [1.29, 1.82) is 0 Å². The Morgan fingerprint density at radius 2 is 1.74 bits per heavy atom.